The van der Waals surface area contributed by atoms with Crippen LogP contribution in [0.2, 0.25) is 5.02 Å². The normalized spacial score (nSPS) is 9.80. The van der Waals surface area contributed by atoms with Gasteiger partial charge in [0, 0.05) is 0 Å². The second-order valence-corrected chi connectivity index (χ2v) is 3.26. The quantitative estimate of drug-likeness (QED) is 0.860. The number of benzene rings is 1. The zero-order valence-corrected chi connectivity index (χ0v) is 9.17. The standard InChI is InChI=1S/C10H11ClO4/c1-14-7-3-6(5-9(12)13)4-8(15-2)10(7)11/h3-4H,5H2,1-2H3,(H,12,13). The van der Waals surface area contributed by atoms with Crippen molar-refractivity contribution in [2.75, 3.05) is 14.2 Å². The third kappa shape index (κ3) is 2.76. The molecule has 0 fully saturated rings. The van der Waals surface area contributed by atoms with Crippen LogP contribution in [-0.2, 0) is 11.2 Å². The molecule has 0 atom stereocenters. The second-order valence-electron chi connectivity index (χ2n) is 2.88. The van der Waals surface area contributed by atoms with Crippen molar-refractivity contribution >= 4 is 17.6 Å². The van der Waals surface area contributed by atoms with Crippen LogP contribution in [0.15, 0.2) is 12.1 Å². The summed E-state index contributed by atoms with van der Waals surface area (Å²) in [5.74, 6) is -0.0963. The van der Waals surface area contributed by atoms with Gasteiger partial charge in [-0.1, -0.05) is 11.6 Å². The molecule has 82 valence electrons. The SMILES string of the molecule is COc1cc(CC(=O)O)cc(OC)c1Cl. The highest BCUT2D eigenvalue weighted by molar-refractivity contribution is 6.33. The lowest BCUT2D eigenvalue weighted by molar-refractivity contribution is -0.136. The smallest absolute Gasteiger partial charge is 0.307 e. The highest BCUT2D eigenvalue weighted by Crippen LogP contribution is 2.35. The van der Waals surface area contributed by atoms with E-state index in [9.17, 15) is 4.79 Å². The second kappa shape index (κ2) is 4.89. The molecule has 4 nitrogen and oxygen atoms in total. The fraction of sp³-hybridized carbons (Fsp3) is 0.300. The molecule has 0 aliphatic carbocycles. The lowest BCUT2D eigenvalue weighted by Gasteiger charge is -2.10. The largest absolute Gasteiger partial charge is 0.495 e. The summed E-state index contributed by atoms with van der Waals surface area (Å²) in [5.41, 5.74) is 0.584. The molecule has 1 aromatic rings. The Morgan fingerprint density at radius 1 is 1.33 bits per heavy atom. The molecule has 0 heterocycles. The lowest BCUT2D eigenvalue weighted by Crippen LogP contribution is -2.01. The molecule has 1 N–H and O–H groups in total. The Hall–Kier alpha value is -1.42. The van der Waals surface area contributed by atoms with E-state index in [-0.39, 0.29) is 6.42 Å². The van der Waals surface area contributed by atoms with Crippen molar-refractivity contribution in [3.63, 3.8) is 0 Å². The molecule has 1 aromatic carbocycles. The van der Waals surface area contributed by atoms with Gasteiger partial charge >= 0.3 is 5.97 Å². The van der Waals surface area contributed by atoms with Gasteiger partial charge in [0.15, 0.2) is 0 Å². The van der Waals surface area contributed by atoms with Gasteiger partial charge in [0.05, 0.1) is 20.6 Å². The first kappa shape index (κ1) is 11.7. The highest BCUT2D eigenvalue weighted by atomic mass is 35.5. The van der Waals surface area contributed by atoms with Crippen LogP contribution in [0.4, 0.5) is 0 Å². The topological polar surface area (TPSA) is 55.8 Å². The van der Waals surface area contributed by atoms with Crippen LogP contribution in [0.3, 0.4) is 0 Å². The van der Waals surface area contributed by atoms with Crippen LogP contribution in [0.1, 0.15) is 5.56 Å². The Labute approximate surface area is 92.4 Å². The zero-order valence-electron chi connectivity index (χ0n) is 8.41. The average Bonchev–Trinajstić information content (AvgIpc) is 2.19. The van der Waals surface area contributed by atoms with Gasteiger partial charge in [-0.05, 0) is 17.7 Å². The minimum Gasteiger partial charge on any atom is -0.495 e. The van der Waals surface area contributed by atoms with Gasteiger partial charge in [-0.2, -0.15) is 0 Å². The molecule has 0 unspecified atom stereocenters. The number of carbonyl (C=O) groups is 1. The number of hydrogen-bond acceptors (Lipinski definition) is 3. The van der Waals surface area contributed by atoms with Gasteiger partial charge in [0.25, 0.3) is 0 Å². The number of ether oxygens (including phenoxy) is 2. The molecule has 0 bridgehead atoms. The minimum absolute atomic E-state index is 0.0934. The maximum Gasteiger partial charge on any atom is 0.307 e. The van der Waals surface area contributed by atoms with Gasteiger partial charge < -0.3 is 14.6 Å². The zero-order chi connectivity index (χ0) is 11.4. The van der Waals surface area contributed by atoms with E-state index >= 15 is 0 Å². The first-order valence-electron chi connectivity index (χ1n) is 4.20. The van der Waals surface area contributed by atoms with Crippen molar-refractivity contribution in [1.82, 2.24) is 0 Å². The van der Waals surface area contributed by atoms with Crippen LogP contribution in [0.25, 0.3) is 0 Å². The van der Waals surface area contributed by atoms with Crippen molar-refractivity contribution in [2.45, 2.75) is 6.42 Å². The maximum atomic E-state index is 10.5. The maximum absolute atomic E-state index is 10.5. The number of methoxy groups -OCH3 is 2. The summed E-state index contributed by atoms with van der Waals surface area (Å²) in [6.07, 6.45) is -0.0934. The molecule has 0 saturated heterocycles. The Bertz CT molecular complexity index is 351. The van der Waals surface area contributed by atoms with E-state index in [4.69, 9.17) is 26.2 Å². The predicted octanol–water partition coefficient (Wildman–Crippen LogP) is 1.98. The van der Waals surface area contributed by atoms with E-state index in [1.54, 1.807) is 12.1 Å². The summed E-state index contributed by atoms with van der Waals surface area (Å²) in [6, 6.07) is 3.16. The van der Waals surface area contributed by atoms with E-state index in [0.717, 1.165) is 0 Å². The Morgan fingerprint density at radius 3 is 2.13 bits per heavy atom. The summed E-state index contributed by atoms with van der Waals surface area (Å²) in [6.45, 7) is 0. The lowest BCUT2D eigenvalue weighted by atomic mass is 10.1. The monoisotopic (exact) mass is 230 g/mol. The van der Waals surface area contributed by atoms with Gasteiger partial charge in [0.1, 0.15) is 16.5 Å². The van der Waals surface area contributed by atoms with Crippen molar-refractivity contribution in [2.24, 2.45) is 0 Å². The minimum atomic E-state index is -0.915. The highest BCUT2D eigenvalue weighted by Gasteiger charge is 2.11. The summed E-state index contributed by atoms with van der Waals surface area (Å²) in [5, 5.41) is 8.99. The van der Waals surface area contributed by atoms with Crippen molar-refractivity contribution in [1.29, 1.82) is 0 Å². The molecule has 0 spiro atoms. The molecule has 0 amide bonds. The third-order valence-corrected chi connectivity index (χ3v) is 2.23. The number of rotatable bonds is 4. The molecule has 1 rings (SSSR count). The first-order valence-corrected chi connectivity index (χ1v) is 4.58. The molecular formula is C10H11ClO4. The fourth-order valence-electron chi connectivity index (χ4n) is 1.20. The molecule has 0 saturated carbocycles. The van der Waals surface area contributed by atoms with Crippen LogP contribution >= 0.6 is 11.6 Å². The summed E-state index contributed by atoms with van der Waals surface area (Å²) in [7, 11) is 2.93. The number of halogens is 1. The Kier molecular flexibility index (Phi) is 3.80. The summed E-state index contributed by atoms with van der Waals surface area (Å²) >= 11 is 5.92. The predicted molar refractivity (Wildman–Crippen MR) is 55.9 cm³/mol. The van der Waals surface area contributed by atoms with Crippen LogP contribution < -0.4 is 9.47 Å². The van der Waals surface area contributed by atoms with Crippen LogP contribution in [0, 0.1) is 0 Å². The van der Waals surface area contributed by atoms with E-state index in [0.29, 0.717) is 22.1 Å². The summed E-state index contributed by atoms with van der Waals surface area (Å²) in [4.78, 5) is 10.5. The fourth-order valence-corrected chi connectivity index (χ4v) is 1.46. The molecule has 5 heteroatoms. The van der Waals surface area contributed by atoms with E-state index in [2.05, 4.69) is 0 Å². The number of hydrogen-bond donors (Lipinski definition) is 1. The van der Waals surface area contributed by atoms with Gasteiger partial charge in [0.2, 0.25) is 0 Å². The molecular weight excluding hydrogens is 220 g/mol. The van der Waals surface area contributed by atoms with E-state index in [1.807, 2.05) is 0 Å². The van der Waals surface area contributed by atoms with E-state index in [1.165, 1.54) is 14.2 Å². The number of carboxylic acid groups (broad SMARTS) is 1. The van der Waals surface area contributed by atoms with Crippen molar-refractivity contribution < 1.29 is 19.4 Å². The molecule has 0 radical (unpaired) electrons. The van der Waals surface area contributed by atoms with Crippen LogP contribution in [-0.4, -0.2) is 25.3 Å². The van der Waals surface area contributed by atoms with Crippen LogP contribution in [0.5, 0.6) is 11.5 Å². The third-order valence-electron chi connectivity index (χ3n) is 1.86. The van der Waals surface area contributed by atoms with Crippen molar-refractivity contribution in [3.8, 4) is 11.5 Å². The van der Waals surface area contributed by atoms with E-state index < -0.39 is 5.97 Å². The molecule has 0 aromatic heterocycles. The average molecular weight is 231 g/mol. The molecule has 0 aliphatic heterocycles. The first-order chi connectivity index (χ1) is 7.08. The van der Waals surface area contributed by atoms with Gasteiger partial charge in [-0.25, -0.2) is 0 Å². The Morgan fingerprint density at radius 2 is 1.80 bits per heavy atom. The number of carboxylic acids is 1. The molecule has 15 heavy (non-hydrogen) atoms. The van der Waals surface area contributed by atoms with Gasteiger partial charge in [-0.15, -0.1) is 0 Å². The van der Waals surface area contributed by atoms with Crippen molar-refractivity contribution in [3.05, 3.63) is 22.7 Å². The van der Waals surface area contributed by atoms with Gasteiger partial charge in [-0.3, -0.25) is 4.79 Å². The molecule has 0 aliphatic rings. The summed E-state index contributed by atoms with van der Waals surface area (Å²) < 4.78 is 10.0. The Balaban J connectivity index is 3.14. The number of aliphatic carboxylic acids is 1.